The zero-order valence-electron chi connectivity index (χ0n) is 14.0. The Labute approximate surface area is 154 Å². The Morgan fingerprint density at radius 2 is 2.00 bits per heavy atom. The zero-order chi connectivity index (χ0) is 18.3. The molecule has 0 unspecified atom stereocenters. The number of likely N-dealkylation sites (tertiary alicyclic amines) is 1. The summed E-state index contributed by atoms with van der Waals surface area (Å²) < 4.78 is 5.67. The first-order valence-corrected chi connectivity index (χ1v) is 8.60. The largest absolute Gasteiger partial charge is 0.471 e. The van der Waals surface area contributed by atoms with Crippen molar-refractivity contribution in [3.05, 3.63) is 58.9 Å². The number of hydrogen-bond acceptors (Lipinski definition) is 4. The van der Waals surface area contributed by atoms with Gasteiger partial charge in [0, 0.05) is 28.9 Å². The summed E-state index contributed by atoms with van der Waals surface area (Å²) in [5.41, 5.74) is 1.98. The van der Waals surface area contributed by atoms with Crippen molar-refractivity contribution in [3.8, 4) is 5.88 Å². The number of Topliss-reactive ketones (excluding diaryl/α,β-unsaturated/α-hetero) is 1. The number of ketones is 1. The van der Waals surface area contributed by atoms with E-state index >= 15 is 0 Å². The van der Waals surface area contributed by atoms with Crippen LogP contribution >= 0.6 is 11.6 Å². The number of fused-ring (bicyclic) bond motifs is 1. The van der Waals surface area contributed by atoms with E-state index in [1.54, 1.807) is 19.1 Å². The van der Waals surface area contributed by atoms with Gasteiger partial charge in [-0.05, 0) is 19.1 Å². The van der Waals surface area contributed by atoms with E-state index < -0.39 is 11.7 Å². The van der Waals surface area contributed by atoms with Gasteiger partial charge in [-0.1, -0.05) is 29.8 Å². The molecule has 132 valence electrons. The van der Waals surface area contributed by atoms with E-state index in [9.17, 15) is 9.59 Å². The lowest BCUT2D eigenvalue weighted by Crippen LogP contribution is -2.58. The summed E-state index contributed by atoms with van der Waals surface area (Å²) >= 11 is 5.79. The number of rotatable bonds is 4. The van der Waals surface area contributed by atoms with Gasteiger partial charge < -0.3 is 14.6 Å². The van der Waals surface area contributed by atoms with E-state index in [-0.39, 0.29) is 6.10 Å². The molecule has 1 amide bonds. The number of carbonyl (C=O) groups is 2. The quantitative estimate of drug-likeness (QED) is 0.566. The fourth-order valence-corrected chi connectivity index (χ4v) is 3.21. The molecule has 1 aliphatic rings. The van der Waals surface area contributed by atoms with Crippen LogP contribution in [0.3, 0.4) is 0 Å². The molecule has 26 heavy (non-hydrogen) atoms. The van der Waals surface area contributed by atoms with Gasteiger partial charge in [-0.2, -0.15) is 0 Å². The molecule has 1 aromatic carbocycles. The molecule has 1 N–H and O–H groups in total. The van der Waals surface area contributed by atoms with Crippen molar-refractivity contribution in [2.75, 3.05) is 13.1 Å². The minimum absolute atomic E-state index is 0.176. The zero-order valence-corrected chi connectivity index (χ0v) is 14.8. The molecular formula is C19H16ClN3O3. The van der Waals surface area contributed by atoms with Gasteiger partial charge in [0.1, 0.15) is 6.10 Å². The Hall–Kier alpha value is -2.86. The number of hydrogen-bond donors (Lipinski definition) is 1. The molecule has 2 aromatic heterocycles. The first-order valence-electron chi connectivity index (χ1n) is 8.22. The third-order valence-electron chi connectivity index (χ3n) is 4.44. The van der Waals surface area contributed by atoms with Crippen LogP contribution in [0.5, 0.6) is 5.88 Å². The summed E-state index contributed by atoms with van der Waals surface area (Å²) in [7, 11) is 0. The van der Waals surface area contributed by atoms with Gasteiger partial charge in [-0.25, -0.2) is 4.98 Å². The maximum absolute atomic E-state index is 12.7. The average Bonchev–Trinajstić information content (AvgIpc) is 2.94. The summed E-state index contributed by atoms with van der Waals surface area (Å²) in [5.74, 6) is -0.560. The normalized spacial score (nSPS) is 14.3. The smallest absolute Gasteiger partial charge is 0.295 e. The van der Waals surface area contributed by atoms with Crippen LogP contribution in [0.15, 0.2) is 42.6 Å². The lowest BCUT2D eigenvalue weighted by Gasteiger charge is -2.38. The van der Waals surface area contributed by atoms with Crippen LogP contribution in [0.2, 0.25) is 5.02 Å². The van der Waals surface area contributed by atoms with Crippen LogP contribution in [0.1, 0.15) is 16.1 Å². The maximum atomic E-state index is 12.7. The number of halogens is 1. The molecule has 0 bridgehead atoms. The van der Waals surface area contributed by atoms with Crippen molar-refractivity contribution < 1.29 is 14.3 Å². The SMILES string of the molecule is Cc1[nH]c2ccccc2c1C(=O)C(=O)N1CC(Oc2ccc(Cl)cn2)C1. The maximum Gasteiger partial charge on any atom is 0.295 e. The Kier molecular flexibility index (Phi) is 4.12. The molecule has 1 aliphatic heterocycles. The van der Waals surface area contributed by atoms with Crippen LogP contribution in [0, 0.1) is 6.92 Å². The van der Waals surface area contributed by atoms with Crippen molar-refractivity contribution in [1.29, 1.82) is 0 Å². The molecule has 0 spiro atoms. The van der Waals surface area contributed by atoms with E-state index in [4.69, 9.17) is 16.3 Å². The van der Waals surface area contributed by atoms with Gasteiger partial charge in [0.2, 0.25) is 5.88 Å². The number of amides is 1. The second-order valence-electron chi connectivity index (χ2n) is 6.26. The molecular weight excluding hydrogens is 354 g/mol. The number of ether oxygens (including phenoxy) is 1. The highest BCUT2D eigenvalue weighted by Crippen LogP contribution is 2.24. The third kappa shape index (κ3) is 2.93. The lowest BCUT2D eigenvalue weighted by molar-refractivity contribution is -0.134. The minimum atomic E-state index is -0.512. The van der Waals surface area contributed by atoms with Gasteiger partial charge in [0.25, 0.3) is 11.7 Å². The highest BCUT2D eigenvalue weighted by atomic mass is 35.5. The molecule has 1 fully saturated rings. The number of carbonyl (C=O) groups excluding carboxylic acids is 2. The summed E-state index contributed by atoms with van der Waals surface area (Å²) in [6.45, 7) is 2.52. The molecule has 0 aliphatic carbocycles. The highest BCUT2D eigenvalue weighted by Gasteiger charge is 2.37. The number of H-pyrrole nitrogens is 1. The molecule has 0 atom stereocenters. The van der Waals surface area contributed by atoms with Crippen molar-refractivity contribution >= 4 is 34.2 Å². The van der Waals surface area contributed by atoms with Gasteiger partial charge >= 0.3 is 0 Å². The topological polar surface area (TPSA) is 75.3 Å². The predicted octanol–water partition coefficient (Wildman–Crippen LogP) is 3.00. The van der Waals surface area contributed by atoms with Crippen LogP contribution in [0.4, 0.5) is 0 Å². The van der Waals surface area contributed by atoms with Crippen molar-refractivity contribution in [3.63, 3.8) is 0 Å². The number of nitrogens with zero attached hydrogens (tertiary/aromatic N) is 2. The fourth-order valence-electron chi connectivity index (χ4n) is 3.10. The first kappa shape index (κ1) is 16.6. The summed E-state index contributed by atoms with van der Waals surface area (Å²) in [6.07, 6.45) is 1.33. The molecule has 4 rings (SSSR count). The highest BCUT2D eigenvalue weighted by molar-refractivity contribution is 6.45. The fraction of sp³-hybridized carbons (Fsp3) is 0.211. The first-order chi connectivity index (χ1) is 12.5. The molecule has 7 heteroatoms. The number of para-hydroxylation sites is 1. The number of aryl methyl sites for hydroxylation is 1. The van der Waals surface area contributed by atoms with Crippen molar-refractivity contribution in [1.82, 2.24) is 14.9 Å². The summed E-state index contributed by atoms with van der Waals surface area (Å²) in [4.78, 5) is 33.9. The van der Waals surface area contributed by atoms with Gasteiger partial charge in [0.05, 0.1) is 23.7 Å². The van der Waals surface area contributed by atoms with Gasteiger partial charge in [-0.3, -0.25) is 9.59 Å². The number of pyridine rings is 1. The van der Waals surface area contributed by atoms with Gasteiger partial charge in [-0.15, -0.1) is 0 Å². The van der Waals surface area contributed by atoms with Crippen LogP contribution < -0.4 is 4.74 Å². The predicted molar refractivity (Wildman–Crippen MR) is 97.6 cm³/mol. The number of aromatic nitrogens is 2. The van der Waals surface area contributed by atoms with E-state index in [0.717, 1.165) is 10.9 Å². The number of nitrogens with one attached hydrogen (secondary N) is 1. The average molecular weight is 370 g/mol. The molecule has 3 heterocycles. The van der Waals surface area contributed by atoms with Crippen LogP contribution in [-0.4, -0.2) is 45.8 Å². The van der Waals surface area contributed by atoms with E-state index in [1.165, 1.54) is 11.1 Å². The Balaban J connectivity index is 1.43. The van der Waals surface area contributed by atoms with E-state index in [1.807, 2.05) is 24.3 Å². The van der Waals surface area contributed by atoms with E-state index in [0.29, 0.717) is 35.2 Å². The monoisotopic (exact) mass is 369 g/mol. The van der Waals surface area contributed by atoms with E-state index in [2.05, 4.69) is 9.97 Å². The molecule has 6 nitrogen and oxygen atoms in total. The molecule has 0 radical (unpaired) electrons. The summed E-state index contributed by atoms with van der Waals surface area (Å²) in [5, 5.41) is 1.30. The Bertz CT molecular complexity index is 991. The third-order valence-corrected chi connectivity index (χ3v) is 4.66. The standard InChI is InChI=1S/C19H16ClN3O3/c1-11-17(14-4-2-3-5-15(14)22-11)18(24)19(25)23-9-13(10-23)26-16-7-6-12(20)8-21-16/h2-8,13,22H,9-10H2,1H3. The van der Waals surface area contributed by atoms with Crippen molar-refractivity contribution in [2.24, 2.45) is 0 Å². The second kappa shape index (κ2) is 6.46. The number of benzene rings is 1. The lowest BCUT2D eigenvalue weighted by atomic mass is 10.0. The minimum Gasteiger partial charge on any atom is -0.471 e. The van der Waals surface area contributed by atoms with Crippen molar-refractivity contribution in [2.45, 2.75) is 13.0 Å². The van der Waals surface area contributed by atoms with Crippen LogP contribution in [0.25, 0.3) is 10.9 Å². The number of aromatic amines is 1. The Morgan fingerprint density at radius 1 is 1.23 bits per heavy atom. The molecule has 0 saturated carbocycles. The summed E-state index contributed by atoms with van der Waals surface area (Å²) in [6, 6.07) is 10.8. The molecule has 3 aromatic rings. The Morgan fingerprint density at radius 3 is 2.73 bits per heavy atom. The van der Waals surface area contributed by atoms with Gasteiger partial charge in [0.15, 0.2) is 0 Å². The van der Waals surface area contributed by atoms with Crippen LogP contribution in [-0.2, 0) is 4.79 Å². The molecule has 1 saturated heterocycles. The second-order valence-corrected chi connectivity index (χ2v) is 6.70.